The first-order valence-corrected chi connectivity index (χ1v) is 6.02. The Balaban J connectivity index is 2.36. The van der Waals surface area contributed by atoms with Gasteiger partial charge < -0.3 is 5.73 Å². The van der Waals surface area contributed by atoms with E-state index < -0.39 is 0 Å². The van der Waals surface area contributed by atoms with Crippen molar-refractivity contribution in [3.8, 4) is 5.69 Å². The van der Waals surface area contributed by atoms with E-state index in [2.05, 4.69) is 17.2 Å². The average molecular weight is 250 g/mol. The summed E-state index contributed by atoms with van der Waals surface area (Å²) in [5.41, 5.74) is 9.61. The highest BCUT2D eigenvalue weighted by Crippen LogP contribution is 2.22. The fourth-order valence-electron chi connectivity index (χ4n) is 1.85. The molecule has 0 amide bonds. The summed E-state index contributed by atoms with van der Waals surface area (Å²) in [6, 6.07) is 8.24. The fourth-order valence-corrected chi connectivity index (χ4v) is 1.96. The number of nitrogens with zero attached hydrogens (tertiary/aromatic N) is 2. The Morgan fingerprint density at radius 3 is 2.35 bits per heavy atom. The largest absolute Gasteiger partial charge is 0.330 e. The maximum atomic E-state index is 6.13. The molecule has 90 valence electrons. The quantitative estimate of drug-likeness (QED) is 0.909. The van der Waals surface area contributed by atoms with Crippen molar-refractivity contribution in [2.45, 2.75) is 20.3 Å². The molecule has 2 aromatic rings. The van der Waals surface area contributed by atoms with Gasteiger partial charge in [0, 0.05) is 0 Å². The number of aromatic nitrogens is 2. The van der Waals surface area contributed by atoms with Crippen molar-refractivity contribution in [3.63, 3.8) is 0 Å². The molecule has 0 aliphatic heterocycles. The highest BCUT2D eigenvalue weighted by Gasteiger charge is 2.10. The second-order valence-corrected chi connectivity index (χ2v) is 4.48. The van der Waals surface area contributed by atoms with Crippen LogP contribution in [-0.4, -0.2) is 16.3 Å². The highest BCUT2D eigenvalue weighted by atomic mass is 35.5. The van der Waals surface area contributed by atoms with Crippen molar-refractivity contribution in [1.29, 1.82) is 0 Å². The van der Waals surface area contributed by atoms with Gasteiger partial charge in [-0.25, -0.2) is 4.68 Å². The predicted octanol–water partition coefficient (Wildman–Crippen LogP) is 2.64. The Hall–Kier alpha value is -1.32. The Labute approximate surface area is 106 Å². The molecule has 17 heavy (non-hydrogen) atoms. The second-order valence-electron chi connectivity index (χ2n) is 4.10. The van der Waals surface area contributed by atoms with Crippen molar-refractivity contribution >= 4 is 11.6 Å². The van der Waals surface area contributed by atoms with Gasteiger partial charge in [0.05, 0.1) is 22.1 Å². The molecule has 0 radical (unpaired) electrons. The van der Waals surface area contributed by atoms with Crippen molar-refractivity contribution in [2.24, 2.45) is 5.73 Å². The van der Waals surface area contributed by atoms with E-state index in [1.807, 2.05) is 30.7 Å². The fraction of sp³-hybridized carbons (Fsp3) is 0.308. The first kappa shape index (κ1) is 12.1. The molecule has 2 rings (SSSR count). The number of rotatable bonds is 3. The number of hydrogen-bond acceptors (Lipinski definition) is 2. The summed E-state index contributed by atoms with van der Waals surface area (Å²) in [6.07, 6.45) is 0.901. The number of nitrogens with two attached hydrogens (primary N) is 1. The Morgan fingerprint density at radius 2 is 1.88 bits per heavy atom. The first-order valence-electron chi connectivity index (χ1n) is 5.64. The smallest absolute Gasteiger partial charge is 0.0848 e. The van der Waals surface area contributed by atoms with Gasteiger partial charge in [-0.05, 0) is 44.5 Å². The van der Waals surface area contributed by atoms with Gasteiger partial charge >= 0.3 is 0 Å². The van der Waals surface area contributed by atoms with E-state index in [-0.39, 0.29) is 0 Å². The van der Waals surface area contributed by atoms with Crippen LogP contribution in [0.4, 0.5) is 0 Å². The first-order chi connectivity index (χ1) is 8.13. The van der Waals surface area contributed by atoms with Crippen molar-refractivity contribution in [3.05, 3.63) is 46.2 Å². The highest BCUT2D eigenvalue weighted by molar-refractivity contribution is 6.31. The van der Waals surface area contributed by atoms with Crippen LogP contribution < -0.4 is 5.73 Å². The third kappa shape index (κ3) is 2.35. The average Bonchev–Trinajstić information content (AvgIpc) is 2.59. The molecule has 0 atom stereocenters. The SMILES string of the molecule is Cc1nn(-c2ccc(CCN)cc2)c(C)c1Cl. The minimum Gasteiger partial charge on any atom is -0.330 e. The summed E-state index contributed by atoms with van der Waals surface area (Å²) in [5, 5.41) is 5.15. The van der Waals surface area contributed by atoms with Gasteiger partial charge in [0.2, 0.25) is 0 Å². The van der Waals surface area contributed by atoms with Crippen LogP contribution in [0.1, 0.15) is 17.0 Å². The lowest BCUT2D eigenvalue weighted by molar-refractivity contribution is 0.832. The summed E-state index contributed by atoms with van der Waals surface area (Å²) >= 11 is 6.13. The Kier molecular flexibility index (Phi) is 3.50. The summed E-state index contributed by atoms with van der Waals surface area (Å²) in [7, 11) is 0. The molecule has 0 saturated carbocycles. The van der Waals surface area contributed by atoms with Gasteiger partial charge in [0.15, 0.2) is 0 Å². The van der Waals surface area contributed by atoms with Gasteiger partial charge in [-0.15, -0.1) is 0 Å². The molecule has 3 nitrogen and oxygen atoms in total. The van der Waals surface area contributed by atoms with E-state index in [0.29, 0.717) is 6.54 Å². The van der Waals surface area contributed by atoms with Crippen molar-refractivity contribution in [1.82, 2.24) is 9.78 Å². The number of halogens is 1. The molecule has 1 aromatic carbocycles. The van der Waals surface area contributed by atoms with Gasteiger partial charge in [-0.2, -0.15) is 5.10 Å². The molecule has 4 heteroatoms. The van der Waals surface area contributed by atoms with E-state index in [1.54, 1.807) is 0 Å². The lowest BCUT2D eigenvalue weighted by Gasteiger charge is -2.05. The van der Waals surface area contributed by atoms with Crippen LogP contribution in [-0.2, 0) is 6.42 Å². The van der Waals surface area contributed by atoms with Crippen LogP contribution in [0.2, 0.25) is 5.02 Å². The van der Waals surface area contributed by atoms with Crippen molar-refractivity contribution in [2.75, 3.05) is 6.54 Å². The monoisotopic (exact) mass is 249 g/mol. The van der Waals surface area contributed by atoms with Crippen LogP contribution in [0.3, 0.4) is 0 Å². The summed E-state index contributed by atoms with van der Waals surface area (Å²) in [4.78, 5) is 0. The standard InChI is InChI=1S/C13H16ClN3/c1-9-13(14)10(2)17(16-9)12-5-3-11(4-6-12)7-8-15/h3-6H,7-8,15H2,1-2H3. The molecule has 0 aliphatic carbocycles. The van der Waals surface area contributed by atoms with Gasteiger partial charge in [-0.3, -0.25) is 0 Å². The molecule has 1 aromatic heterocycles. The molecule has 0 spiro atoms. The zero-order valence-corrected chi connectivity index (χ0v) is 10.8. The van der Waals surface area contributed by atoms with Gasteiger partial charge in [0.1, 0.15) is 0 Å². The Bertz CT molecular complexity index is 514. The lowest BCUT2D eigenvalue weighted by atomic mass is 10.1. The van der Waals surface area contributed by atoms with E-state index in [0.717, 1.165) is 28.5 Å². The number of hydrogen-bond donors (Lipinski definition) is 1. The molecule has 0 bridgehead atoms. The van der Waals surface area contributed by atoms with E-state index in [4.69, 9.17) is 17.3 Å². The molecule has 1 heterocycles. The summed E-state index contributed by atoms with van der Waals surface area (Å²) in [6.45, 7) is 4.55. The van der Waals surface area contributed by atoms with Crippen LogP contribution in [0.25, 0.3) is 5.69 Å². The molecular weight excluding hydrogens is 234 g/mol. The van der Waals surface area contributed by atoms with Gasteiger partial charge in [-0.1, -0.05) is 23.7 Å². The van der Waals surface area contributed by atoms with Crippen LogP contribution in [0.5, 0.6) is 0 Å². The molecule has 0 unspecified atom stereocenters. The summed E-state index contributed by atoms with van der Waals surface area (Å²) < 4.78 is 1.86. The maximum absolute atomic E-state index is 6.13. The van der Waals surface area contributed by atoms with Crippen LogP contribution >= 0.6 is 11.6 Å². The molecule has 2 N–H and O–H groups in total. The van der Waals surface area contributed by atoms with E-state index in [9.17, 15) is 0 Å². The molecule has 0 saturated heterocycles. The minimum absolute atomic E-state index is 0.672. The van der Waals surface area contributed by atoms with Crippen molar-refractivity contribution < 1.29 is 0 Å². The predicted molar refractivity (Wildman–Crippen MR) is 70.8 cm³/mol. The third-order valence-electron chi connectivity index (χ3n) is 2.82. The normalized spacial score (nSPS) is 10.8. The third-order valence-corrected chi connectivity index (χ3v) is 3.36. The van der Waals surface area contributed by atoms with Crippen LogP contribution in [0.15, 0.2) is 24.3 Å². The summed E-state index contributed by atoms with van der Waals surface area (Å²) in [5.74, 6) is 0. The zero-order valence-electron chi connectivity index (χ0n) is 10.1. The van der Waals surface area contributed by atoms with Crippen LogP contribution in [0, 0.1) is 13.8 Å². The maximum Gasteiger partial charge on any atom is 0.0848 e. The number of aryl methyl sites for hydroxylation is 1. The Morgan fingerprint density at radius 1 is 1.24 bits per heavy atom. The second kappa shape index (κ2) is 4.90. The minimum atomic E-state index is 0.672. The zero-order chi connectivity index (χ0) is 12.4. The molecular formula is C13H16ClN3. The molecule has 0 aliphatic rings. The van der Waals surface area contributed by atoms with E-state index in [1.165, 1.54) is 5.56 Å². The molecule has 0 fully saturated rings. The number of benzene rings is 1. The topological polar surface area (TPSA) is 43.8 Å². The van der Waals surface area contributed by atoms with Gasteiger partial charge in [0.25, 0.3) is 0 Å². The lowest BCUT2D eigenvalue weighted by Crippen LogP contribution is -2.03. The van der Waals surface area contributed by atoms with E-state index >= 15 is 0 Å².